The van der Waals surface area contributed by atoms with Gasteiger partial charge in [-0.25, -0.2) is 0 Å². The topological polar surface area (TPSA) is 164 Å². The van der Waals surface area contributed by atoms with Crippen LogP contribution in [-0.2, 0) is 52.4 Å². The summed E-state index contributed by atoms with van der Waals surface area (Å²) in [4.78, 5) is 64.3. The number of ether oxygens (including phenoxy) is 6. The van der Waals surface area contributed by atoms with E-state index in [4.69, 9.17) is 28.4 Å². The molecule has 2 heterocycles. The van der Waals surface area contributed by atoms with E-state index in [1.54, 1.807) is 38.9 Å². The summed E-state index contributed by atoms with van der Waals surface area (Å²) < 4.78 is 35.3. The van der Waals surface area contributed by atoms with Gasteiger partial charge in [0.25, 0.3) is 0 Å². The molecule has 2 rings (SSSR count). The highest BCUT2D eigenvalue weighted by Gasteiger charge is 2.51. The minimum atomic E-state index is -1.23. The average Bonchev–Trinajstić information content (AvgIpc) is 2.99. The van der Waals surface area contributed by atoms with Crippen molar-refractivity contribution in [2.75, 3.05) is 20.7 Å². The highest BCUT2D eigenvalue weighted by molar-refractivity contribution is 5.91. The summed E-state index contributed by atoms with van der Waals surface area (Å²) in [6.07, 6.45) is -0.921. The second-order valence-electron chi connectivity index (χ2n) is 13.7. The quantitative estimate of drug-likeness (QED) is 0.290. The summed E-state index contributed by atoms with van der Waals surface area (Å²) >= 11 is 0. The first-order valence-corrected chi connectivity index (χ1v) is 17.1. The maximum Gasteiger partial charge on any atom is 0.308 e. The van der Waals surface area contributed by atoms with Crippen molar-refractivity contribution < 1.29 is 57.5 Å². The number of ketones is 1. The minimum Gasteiger partial charge on any atom is -0.465 e. The Morgan fingerprint density at radius 1 is 0.939 bits per heavy atom. The smallest absolute Gasteiger partial charge is 0.308 e. The van der Waals surface area contributed by atoms with Gasteiger partial charge in [-0.2, -0.15) is 0 Å². The van der Waals surface area contributed by atoms with Gasteiger partial charge < -0.3 is 33.5 Å². The second-order valence-corrected chi connectivity index (χ2v) is 13.7. The molecule has 0 radical (unpaired) electrons. The van der Waals surface area contributed by atoms with E-state index in [1.165, 1.54) is 26.8 Å². The summed E-state index contributed by atoms with van der Waals surface area (Å²) in [6.45, 7) is 14.6. The lowest BCUT2D eigenvalue weighted by Gasteiger charge is -2.48. The molecule has 1 N–H and O–H groups in total. The third-order valence-electron chi connectivity index (χ3n) is 9.15. The Balaban J connectivity index is 2.54. The van der Waals surface area contributed by atoms with E-state index in [0.717, 1.165) is 5.57 Å². The molecule has 5 unspecified atom stereocenters. The van der Waals surface area contributed by atoms with E-state index < -0.39 is 90.6 Å². The Morgan fingerprint density at radius 3 is 2.10 bits per heavy atom. The lowest BCUT2D eigenvalue weighted by atomic mass is 9.82. The number of hydrogen-bond acceptors (Lipinski definition) is 13. The molecular weight excluding hydrogens is 638 g/mol. The second kappa shape index (κ2) is 19.3. The molecule has 13 heteroatoms. The van der Waals surface area contributed by atoms with Crippen LogP contribution in [0.5, 0.6) is 0 Å². The molecule has 0 aliphatic carbocycles. The number of likely N-dealkylation sites (N-methyl/N-ethyl adjacent to an activating group) is 1. The predicted molar refractivity (Wildman–Crippen MR) is 179 cm³/mol. The zero-order chi connectivity index (χ0) is 37.2. The van der Waals surface area contributed by atoms with Gasteiger partial charge in [-0.3, -0.25) is 28.9 Å². The normalized spacial score (nSPS) is 35.2. The molecule has 0 amide bonds. The van der Waals surface area contributed by atoms with Crippen LogP contribution in [0.4, 0.5) is 0 Å². The van der Waals surface area contributed by atoms with Gasteiger partial charge in [0, 0.05) is 38.5 Å². The van der Waals surface area contributed by atoms with E-state index in [-0.39, 0.29) is 24.7 Å². The molecule has 2 aliphatic heterocycles. The van der Waals surface area contributed by atoms with E-state index >= 15 is 0 Å². The van der Waals surface area contributed by atoms with Crippen LogP contribution in [0.25, 0.3) is 0 Å². The number of rotatable bonds is 8. The number of carbonyl (C=O) groups excluding carboxylic acids is 5. The highest BCUT2D eigenvalue weighted by Crippen LogP contribution is 2.35. The van der Waals surface area contributed by atoms with Crippen molar-refractivity contribution >= 4 is 29.7 Å². The average molecular weight is 696 g/mol. The fourth-order valence-corrected chi connectivity index (χ4v) is 6.62. The summed E-state index contributed by atoms with van der Waals surface area (Å²) in [5, 5.41) is 11.4. The van der Waals surface area contributed by atoms with Crippen molar-refractivity contribution in [3.05, 3.63) is 23.8 Å². The van der Waals surface area contributed by atoms with Crippen molar-refractivity contribution in [1.29, 1.82) is 0 Å². The van der Waals surface area contributed by atoms with Gasteiger partial charge in [0.1, 0.15) is 18.8 Å². The predicted octanol–water partition coefficient (Wildman–Crippen LogP) is 3.55. The Morgan fingerprint density at radius 2 is 1.55 bits per heavy atom. The van der Waals surface area contributed by atoms with Gasteiger partial charge in [-0.15, -0.1) is 0 Å². The highest BCUT2D eigenvalue weighted by atomic mass is 16.7. The van der Waals surface area contributed by atoms with Crippen LogP contribution in [0.3, 0.4) is 0 Å². The van der Waals surface area contributed by atoms with E-state index in [2.05, 4.69) is 0 Å². The number of carbonyl (C=O) groups is 5. The fraction of sp³-hybridized carbons (Fsp3) is 0.750. The molecule has 2 aliphatic rings. The van der Waals surface area contributed by atoms with Crippen molar-refractivity contribution in [2.24, 2.45) is 23.7 Å². The number of esters is 4. The van der Waals surface area contributed by atoms with Gasteiger partial charge >= 0.3 is 23.9 Å². The van der Waals surface area contributed by atoms with Crippen LogP contribution in [0.15, 0.2) is 23.8 Å². The van der Waals surface area contributed by atoms with Crippen molar-refractivity contribution in [3.63, 3.8) is 0 Å². The molecule has 0 aromatic heterocycles. The van der Waals surface area contributed by atoms with Crippen LogP contribution in [0, 0.1) is 23.7 Å². The van der Waals surface area contributed by atoms with Gasteiger partial charge in [-0.05, 0) is 52.8 Å². The van der Waals surface area contributed by atoms with E-state index in [9.17, 15) is 29.1 Å². The van der Waals surface area contributed by atoms with Crippen LogP contribution < -0.4 is 0 Å². The summed E-state index contributed by atoms with van der Waals surface area (Å²) in [6, 6.07) is -0.647. The summed E-state index contributed by atoms with van der Waals surface area (Å²) in [5.41, 5.74) is 0.727. The molecule has 0 saturated carbocycles. The maximum absolute atomic E-state index is 13.3. The van der Waals surface area contributed by atoms with Crippen molar-refractivity contribution in [3.8, 4) is 0 Å². The van der Waals surface area contributed by atoms with E-state index in [0.29, 0.717) is 12.8 Å². The van der Waals surface area contributed by atoms with Crippen LogP contribution in [0.1, 0.15) is 81.6 Å². The molecular formula is C36H57NO12. The zero-order valence-corrected chi connectivity index (χ0v) is 30.9. The first-order chi connectivity index (χ1) is 22.9. The summed E-state index contributed by atoms with van der Waals surface area (Å²) in [5.74, 6) is -4.32. The third-order valence-corrected chi connectivity index (χ3v) is 9.15. The van der Waals surface area contributed by atoms with Gasteiger partial charge in [0.15, 0.2) is 18.2 Å². The Bertz CT molecular complexity index is 1210. The third kappa shape index (κ3) is 12.6. The number of nitrogens with zero attached hydrogens (tertiary/aromatic N) is 1. The lowest BCUT2D eigenvalue weighted by molar-refractivity contribution is -0.307. The molecule has 278 valence electrons. The zero-order valence-electron chi connectivity index (χ0n) is 30.9. The standard InChI is InChI=1S/C36H57NO12/c1-12-30-27(18-44-24(7)38)15-19(2)13-14-28(41)20(3)16-21(4)33(22(5)29(42)17-31(43)48-30)49-36-35(47-26(9)40)32(37(10)11)34(23(6)45-36)46-25(8)39/h13-15,20-23,27,29-30,32-36,42H,12,16-18H2,1-11H3/t20-,21+,22+,23?,27-,29-,30-,32?,33+,34?,35?,36?/m1/s1. The number of aliphatic hydroxyl groups excluding tert-OH is 1. The molecule has 49 heavy (non-hydrogen) atoms. The maximum atomic E-state index is 13.3. The first-order valence-electron chi connectivity index (χ1n) is 17.1. The summed E-state index contributed by atoms with van der Waals surface area (Å²) in [7, 11) is 3.52. The Kier molecular flexibility index (Phi) is 16.6. The monoisotopic (exact) mass is 695 g/mol. The van der Waals surface area contributed by atoms with Crippen molar-refractivity contribution in [2.45, 2.75) is 131 Å². The molecule has 1 saturated heterocycles. The SMILES string of the molecule is CC[C@H]1OC(=O)C[C@@H](O)[C@H](C)[C@@H](OC2OC(C)C(OC(C)=O)C(N(C)C)C2OC(C)=O)[C@@H](C)C[C@@H](C)C(=O)C=CC(C)=C[C@@H]1COC(C)=O. The number of hydrogen-bond donors (Lipinski definition) is 1. The largest absolute Gasteiger partial charge is 0.465 e. The Labute approximate surface area is 290 Å². The molecule has 0 aromatic rings. The number of aliphatic hydroxyl groups is 1. The first kappa shape index (κ1) is 42.0. The molecule has 0 spiro atoms. The Hall–Kier alpha value is -3.13. The van der Waals surface area contributed by atoms with Gasteiger partial charge in [-0.1, -0.05) is 45.4 Å². The molecule has 12 atom stereocenters. The van der Waals surface area contributed by atoms with Gasteiger partial charge in [0.05, 0.1) is 30.8 Å². The van der Waals surface area contributed by atoms with Crippen molar-refractivity contribution in [1.82, 2.24) is 4.90 Å². The van der Waals surface area contributed by atoms with Gasteiger partial charge in [0.2, 0.25) is 0 Å². The number of cyclic esters (lactones) is 1. The lowest BCUT2D eigenvalue weighted by Crippen LogP contribution is -2.65. The van der Waals surface area contributed by atoms with E-state index in [1.807, 2.05) is 33.8 Å². The fourth-order valence-electron chi connectivity index (χ4n) is 6.62. The van der Waals surface area contributed by atoms with Crippen LogP contribution >= 0.6 is 0 Å². The molecule has 1 fully saturated rings. The molecule has 0 aromatic carbocycles. The minimum absolute atomic E-state index is 0.0292. The van der Waals surface area contributed by atoms with Crippen LogP contribution in [0.2, 0.25) is 0 Å². The van der Waals surface area contributed by atoms with Crippen LogP contribution in [-0.4, -0.2) is 109 Å². The molecule has 0 bridgehead atoms. The molecule has 13 nitrogen and oxygen atoms in total. The number of allylic oxidation sites excluding steroid dienone is 3.